The van der Waals surface area contributed by atoms with Gasteiger partial charge in [0.1, 0.15) is 6.54 Å². The van der Waals surface area contributed by atoms with E-state index in [4.69, 9.17) is 9.15 Å². The van der Waals surface area contributed by atoms with Gasteiger partial charge in [-0.2, -0.15) is 0 Å². The Morgan fingerprint density at radius 2 is 2.00 bits per heavy atom. The second-order valence-corrected chi connectivity index (χ2v) is 5.45. The van der Waals surface area contributed by atoms with Crippen molar-refractivity contribution in [3.05, 3.63) is 41.9 Å². The number of halogens is 1. The van der Waals surface area contributed by atoms with Gasteiger partial charge in [0.15, 0.2) is 11.7 Å². The normalized spacial score (nSPS) is 11.1. The molecular formula is C18H27IN4O2. The molecule has 25 heavy (non-hydrogen) atoms. The van der Waals surface area contributed by atoms with E-state index in [1.165, 1.54) is 5.56 Å². The quantitative estimate of drug-likeness (QED) is 0.275. The first kappa shape index (κ1) is 21.4. The fourth-order valence-corrected chi connectivity index (χ4v) is 2.15. The number of hydrogen-bond donors (Lipinski definition) is 2. The Hall–Kier alpha value is -1.61. The van der Waals surface area contributed by atoms with Crippen molar-refractivity contribution in [1.29, 1.82) is 0 Å². The van der Waals surface area contributed by atoms with E-state index < -0.39 is 0 Å². The maximum absolute atomic E-state index is 5.79. The van der Waals surface area contributed by atoms with Gasteiger partial charge in [-0.15, -0.1) is 24.0 Å². The average Bonchev–Trinajstić information content (AvgIpc) is 3.06. The summed E-state index contributed by atoms with van der Waals surface area (Å²) in [7, 11) is 1.70. The van der Waals surface area contributed by atoms with Crippen molar-refractivity contribution in [1.82, 2.24) is 15.6 Å². The van der Waals surface area contributed by atoms with Crippen LogP contribution in [0, 0.1) is 6.92 Å². The molecule has 0 bridgehead atoms. The second-order valence-electron chi connectivity index (χ2n) is 5.45. The largest absolute Gasteiger partial charge is 0.439 e. The number of nitrogens with one attached hydrogen (secondary N) is 2. The van der Waals surface area contributed by atoms with E-state index in [-0.39, 0.29) is 24.0 Å². The number of benzene rings is 1. The molecule has 138 valence electrons. The number of aryl methyl sites for hydroxylation is 1. The molecule has 2 aromatic rings. The first-order chi connectivity index (χ1) is 11.7. The number of aliphatic imine (C=N–C) groups is 1. The average molecular weight is 458 g/mol. The highest BCUT2D eigenvalue weighted by molar-refractivity contribution is 14.0. The van der Waals surface area contributed by atoms with Crippen LogP contribution in [0.2, 0.25) is 0 Å². The third-order valence-electron chi connectivity index (χ3n) is 3.42. The van der Waals surface area contributed by atoms with Crippen molar-refractivity contribution in [2.75, 3.05) is 26.8 Å². The lowest BCUT2D eigenvalue weighted by molar-refractivity contribution is 0.195. The molecule has 0 saturated carbocycles. The van der Waals surface area contributed by atoms with Crippen molar-refractivity contribution in [3.8, 4) is 11.3 Å². The summed E-state index contributed by atoms with van der Waals surface area (Å²) in [6.07, 6.45) is 2.67. The fourth-order valence-electron chi connectivity index (χ4n) is 2.15. The number of methoxy groups -OCH3 is 1. The van der Waals surface area contributed by atoms with Gasteiger partial charge >= 0.3 is 0 Å². The number of rotatable bonds is 8. The minimum Gasteiger partial charge on any atom is -0.439 e. The van der Waals surface area contributed by atoms with Crippen LogP contribution in [0.5, 0.6) is 0 Å². The summed E-state index contributed by atoms with van der Waals surface area (Å²) in [5.74, 6) is 2.11. The van der Waals surface area contributed by atoms with Crippen LogP contribution in [0.1, 0.15) is 24.8 Å². The van der Waals surface area contributed by atoms with Crippen LogP contribution >= 0.6 is 24.0 Å². The molecule has 0 fully saturated rings. The van der Waals surface area contributed by atoms with E-state index >= 15 is 0 Å². The van der Waals surface area contributed by atoms with E-state index in [1.807, 2.05) is 19.1 Å². The molecule has 0 aliphatic rings. The number of nitrogens with zero attached hydrogens (tertiary/aromatic N) is 2. The van der Waals surface area contributed by atoms with E-state index in [9.17, 15) is 0 Å². The lowest BCUT2D eigenvalue weighted by Gasteiger charge is -2.10. The Labute approximate surface area is 166 Å². The summed E-state index contributed by atoms with van der Waals surface area (Å²) in [5.41, 5.74) is 2.24. The van der Waals surface area contributed by atoms with E-state index in [2.05, 4.69) is 39.7 Å². The molecule has 7 heteroatoms. The molecule has 1 aromatic heterocycles. The van der Waals surface area contributed by atoms with Gasteiger partial charge in [-0.05, 0) is 20.3 Å². The van der Waals surface area contributed by atoms with Crippen molar-refractivity contribution in [2.24, 2.45) is 4.99 Å². The minimum atomic E-state index is 0. The van der Waals surface area contributed by atoms with Crippen LogP contribution in [0.15, 0.2) is 39.9 Å². The molecule has 0 radical (unpaired) electrons. The first-order valence-corrected chi connectivity index (χ1v) is 8.25. The lowest BCUT2D eigenvalue weighted by atomic mass is 10.1. The number of hydrogen-bond acceptors (Lipinski definition) is 4. The molecule has 2 rings (SSSR count). The molecular weight excluding hydrogens is 431 g/mol. The van der Waals surface area contributed by atoms with Crippen molar-refractivity contribution in [2.45, 2.75) is 26.8 Å². The maximum Gasteiger partial charge on any atom is 0.216 e. The minimum absolute atomic E-state index is 0. The van der Waals surface area contributed by atoms with Crippen molar-refractivity contribution < 1.29 is 9.15 Å². The predicted octanol–water partition coefficient (Wildman–Crippen LogP) is 3.36. The number of guanidine groups is 1. The lowest BCUT2D eigenvalue weighted by Crippen LogP contribution is -2.38. The van der Waals surface area contributed by atoms with E-state index in [0.717, 1.165) is 43.4 Å². The SMILES string of the molecule is CCNC(=NCc1ncc(-c2ccc(C)cc2)o1)NCCCOC.I. The zero-order chi connectivity index (χ0) is 17.2. The van der Waals surface area contributed by atoms with Crippen LogP contribution in [0.3, 0.4) is 0 Å². The molecule has 0 atom stereocenters. The molecule has 1 heterocycles. The summed E-state index contributed by atoms with van der Waals surface area (Å²) in [6, 6.07) is 8.18. The van der Waals surface area contributed by atoms with Gasteiger partial charge in [0, 0.05) is 32.4 Å². The highest BCUT2D eigenvalue weighted by Crippen LogP contribution is 2.20. The zero-order valence-corrected chi connectivity index (χ0v) is 17.4. The van der Waals surface area contributed by atoms with Crippen LogP contribution in [0.4, 0.5) is 0 Å². The predicted molar refractivity (Wildman–Crippen MR) is 111 cm³/mol. The van der Waals surface area contributed by atoms with Gasteiger partial charge in [-0.3, -0.25) is 0 Å². The monoisotopic (exact) mass is 458 g/mol. The molecule has 0 saturated heterocycles. The molecule has 0 aliphatic heterocycles. The van der Waals surface area contributed by atoms with Gasteiger partial charge in [0.25, 0.3) is 0 Å². The fraction of sp³-hybridized carbons (Fsp3) is 0.444. The highest BCUT2D eigenvalue weighted by atomic mass is 127. The highest BCUT2D eigenvalue weighted by Gasteiger charge is 2.06. The Balaban J connectivity index is 0.00000312. The Morgan fingerprint density at radius 1 is 1.24 bits per heavy atom. The van der Waals surface area contributed by atoms with Crippen molar-refractivity contribution >= 4 is 29.9 Å². The van der Waals surface area contributed by atoms with E-state index in [0.29, 0.717) is 12.4 Å². The van der Waals surface area contributed by atoms with Gasteiger partial charge in [0.2, 0.25) is 5.89 Å². The second kappa shape index (κ2) is 11.9. The summed E-state index contributed by atoms with van der Waals surface area (Å²) in [4.78, 5) is 8.81. The molecule has 2 N–H and O–H groups in total. The van der Waals surface area contributed by atoms with Gasteiger partial charge < -0.3 is 19.8 Å². The Morgan fingerprint density at radius 3 is 2.68 bits per heavy atom. The standard InChI is InChI=1S/C18H26N4O2.HI/c1-4-19-18(20-10-5-11-23-3)22-13-17-21-12-16(24-17)15-8-6-14(2)7-9-15;/h6-9,12H,4-5,10-11,13H2,1-3H3,(H2,19,20,22);1H. The van der Waals surface area contributed by atoms with Crippen LogP contribution < -0.4 is 10.6 Å². The summed E-state index contributed by atoms with van der Waals surface area (Å²) >= 11 is 0. The van der Waals surface area contributed by atoms with Gasteiger partial charge in [-0.25, -0.2) is 9.98 Å². The van der Waals surface area contributed by atoms with Crippen LogP contribution in [-0.4, -0.2) is 37.7 Å². The molecule has 0 amide bonds. The number of aromatic nitrogens is 1. The number of oxazole rings is 1. The first-order valence-electron chi connectivity index (χ1n) is 8.25. The van der Waals surface area contributed by atoms with Gasteiger partial charge in [-0.1, -0.05) is 29.8 Å². The topological polar surface area (TPSA) is 71.7 Å². The van der Waals surface area contributed by atoms with Crippen LogP contribution in [-0.2, 0) is 11.3 Å². The van der Waals surface area contributed by atoms with E-state index in [1.54, 1.807) is 13.3 Å². The summed E-state index contributed by atoms with van der Waals surface area (Å²) in [6.45, 7) is 6.83. The Kier molecular flexibility index (Phi) is 10.2. The smallest absolute Gasteiger partial charge is 0.216 e. The molecule has 0 aliphatic carbocycles. The molecule has 0 spiro atoms. The maximum atomic E-state index is 5.79. The molecule has 6 nitrogen and oxygen atoms in total. The third kappa shape index (κ3) is 7.43. The summed E-state index contributed by atoms with van der Waals surface area (Å²) < 4.78 is 10.8. The van der Waals surface area contributed by atoms with Crippen molar-refractivity contribution in [3.63, 3.8) is 0 Å². The zero-order valence-electron chi connectivity index (χ0n) is 15.0. The van der Waals surface area contributed by atoms with Crippen LogP contribution in [0.25, 0.3) is 11.3 Å². The van der Waals surface area contributed by atoms with Gasteiger partial charge in [0.05, 0.1) is 6.20 Å². The third-order valence-corrected chi connectivity index (χ3v) is 3.42. The molecule has 1 aromatic carbocycles. The number of ether oxygens (including phenoxy) is 1. The molecule has 0 unspecified atom stereocenters. The Bertz CT molecular complexity index is 641. The summed E-state index contributed by atoms with van der Waals surface area (Å²) in [5, 5.41) is 6.46.